The first-order valence-corrected chi connectivity index (χ1v) is 19.7. The Morgan fingerprint density at radius 2 is 1.72 bits per heavy atom. The number of aromatic nitrogens is 3. The lowest BCUT2D eigenvalue weighted by Gasteiger charge is -2.48. The Kier molecular flexibility index (Phi) is 8.76. The molecule has 284 valence electrons. The maximum absolute atomic E-state index is 14.6. The minimum atomic E-state index is -2.61. The molecule has 4 fully saturated rings. The van der Waals surface area contributed by atoms with Gasteiger partial charge < -0.3 is 29.7 Å². The molecule has 0 atom stereocenters. The number of fused-ring (bicyclic) bond motifs is 3. The van der Waals surface area contributed by atoms with E-state index in [2.05, 4.69) is 57.0 Å². The number of benzene rings is 2. The van der Waals surface area contributed by atoms with Crippen LogP contribution in [0.5, 0.6) is 0 Å². The highest BCUT2D eigenvalue weighted by atomic mass is 19.3. The zero-order chi connectivity index (χ0) is 37.4. The quantitative estimate of drug-likeness (QED) is 0.182. The lowest BCUT2D eigenvalue weighted by Crippen LogP contribution is -2.57. The van der Waals surface area contributed by atoms with Gasteiger partial charge in [-0.1, -0.05) is 24.6 Å². The largest absolute Gasteiger partial charge is 0.381 e. The molecule has 5 heterocycles. The van der Waals surface area contributed by atoms with Crippen molar-refractivity contribution in [1.29, 1.82) is 0 Å². The van der Waals surface area contributed by atoms with Crippen LogP contribution < -0.4 is 15.5 Å². The summed E-state index contributed by atoms with van der Waals surface area (Å²) in [6.07, 6.45) is 6.90. The summed E-state index contributed by atoms with van der Waals surface area (Å²) in [6, 6.07) is 14.5. The maximum atomic E-state index is 14.6. The molecule has 1 spiro atoms. The van der Waals surface area contributed by atoms with E-state index in [1.54, 1.807) is 13.0 Å². The Morgan fingerprint density at radius 1 is 0.963 bits per heavy atom. The average molecular weight is 738 g/mol. The minimum Gasteiger partial charge on any atom is -0.381 e. The van der Waals surface area contributed by atoms with Crippen LogP contribution in [-0.2, 0) is 14.9 Å². The molecule has 12 heteroatoms. The normalized spacial score (nSPS) is 23.2. The van der Waals surface area contributed by atoms with E-state index < -0.39 is 23.3 Å². The second-order valence-corrected chi connectivity index (χ2v) is 16.5. The van der Waals surface area contributed by atoms with E-state index in [-0.39, 0.29) is 30.8 Å². The number of carbonyl (C=O) groups excluding carboxylic acids is 2. The van der Waals surface area contributed by atoms with E-state index in [4.69, 9.17) is 14.7 Å². The van der Waals surface area contributed by atoms with Crippen molar-refractivity contribution in [2.75, 3.05) is 36.5 Å². The number of halogens is 2. The van der Waals surface area contributed by atoms with E-state index in [0.717, 1.165) is 53.8 Å². The van der Waals surface area contributed by atoms with E-state index in [1.807, 2.05) is 24.5 Å². The molecule has 0 unspecified atom stereocenters. The number of hydrogen-bond acceptors (Lipinski definition) is 7. The second kappa shape index (κ2) is 13.4. The summed E-state index contributed by atoms with van der Waals surface area (Å²) in [7, 11) is 0. The first-order valence-electron chi connectivity index (χ1n) is 19.7. The summed E-state index contributed by atoms with van der Waals surface area (Å²) < 4.78 is 35.2. The van der Waals surface area contributed by atoms with Crippen molar-refractivity contribution in [3.63, 3.8) is 0 Å². The van der Waals surface area contributed by atoms with Gasteiger partial charge in [0.15, 0.2) is 5.82 Å². The smallest absolute Gasteiger partial charge is 0.261 e. The maximum Gasteiger partial charge on any atom is 0.261 e. The van der Waals surface area contributed by atoms with Gasteiger partial charge in [-0.2, -0.15) is 0 Å². The van der Waals surface area contributed by atoms with Gasteiger partial charge in [0.1, 0.15) is 11.1 Å². The molecular formula is C42H49F2N7O3. The van der Waals surface area contributed by atoms with E-state index in [1.165, 1.54) is 19.3 Å². The molecule has 2 saturated carbocycles. The van der Waals surface area contributed by atoms with Gasteiger partial charge in [0, 0.05) is 53.8 Å². The molecule has 0 radical (unpaired) electrons. The zero-order valence-corrected chi connectivity index (χ0v) is 31.3. The van der Waals surface area contributed by atoms with Crippen LogP contribution >= 0.6 is 0 Å². The van der Waals surface area contributed by atoms with Crippen LogP contribution in [0, 0.1) is 6.92 Å². The Morgan fingerprint density at radius 3 is 2.43 bits per heavy atom. The highest BCUT2D eigenvalue weighted by Crippen LogP contribution is 2.52. The van der Waals surface area contributed by atoms with Crippen LogP contribution in [0.2, 0.25) is 0 Å². The van der Waals surface area contributed by atoms with Crippen molar-refractivity contribution in [2.45, 2.75) is 114 Å². The molecule has 9 rings (SSSR count). The third kappa shape index (κ3) is 5.87. The lowest BCUT2D eigenvalue weighted by atomic mass is 9.75. The molecule has 2 amide bonds. The van der Waals surface area contributed by atoms with E-state index >= 15 is 0 Å². The number of carbonyl (C=O) groups is 2. The van der Waals surface area contributed by atoms with Gasteiger partial charge in [-0.3, -0.25) is 9.59 Å². The third-order valence-electron chi connectivity index (χ3n) is 12.8. The third-order valence-corrected chi connectivity index (χ3v) is 12.8. The van der Waals surface area contributed by atoms with Gasteiger partial charge >= 0.3 is 0 Å². The Hall–Kier alpha value is -4.42. The summed E-state index contributed by atoms with van der Waals surface area (Å²) in [5.41, 5.74) is 4.87. The van der Waals surface area contributed by atoms with Crippen LogP contribution in [0.1, 0.15) is 99.2 Å². The van der Waals surface area contributed by atoms with Crippen LogP contribution in [0.3, 0.4) is 0 Å². The monoisotopic (exact) mass is 737 g/mol. The fraction of sp³-hybridized carbons (Fsp3) is 0.524. The van der Waals surface area contributed by atoms with Crippen LogP contribution in [0.25, 0.3) is 22.3 Å². The average Bonchev–Trinajstić information content (AvgIpc) is 3.75. The summed E-state index contributed by atoms with van der Waals surface area (Å²) in [4.78, 5) is 42.6. The second-order valence-electron chi connectivity index (χ2n) is 16.5. The molecule has 2 N–H and O–H groups in total. The molecule has 0 bridgehead atoms. The van der Waals surface area contributed by atoms with Gasteiger partial charge in [-0.15, -0.1) is 0 Å². The molecule has 5 aliphatic rings. The highest BCUT2D eigenvalue weighted by molar-refractivity contribution is 6.09. The van der Waals surface area contributed by atoms with Gasteiger partial charge in [-0.25, -0.2) is 18.7 Å². The van der Waals surface area contributed by atoms with Crippen molar-refractivity contribution in [1.82, 2.24) is 24.8 Å². The standard InChI is InChI=1S/C42H49F2N7O3/c1-25(2)50-24-45-34-23-33(47-37(36(34)50)46-28-9-7-26(3)31(20-28)38(52)48-42(11-12-42)39(43)44)27-8-10-32-35(19-27)51(40(53)41(32)13-17-54-18-14-41)30-21-29(22-30)49-15-5-4-6-16-49/h7-10,19-20,23-25,29-30,39H,4-6,11-18,21-22H2,1-3H3,(H,46,47)(H,48,52)/t29-,30+. The molecule has 2 saturated heterocycles. The van der Waals surface area contributed by atoms with Crippen LogP contribution in [0.15, 0.2) is 48.8 Å². The summed E-state index contributed by atoms with van der Waals surface area (Å²) in [5.74, 6) is 0.260. The van der Waals surface area contributed by atoms with Crippen molar-refractivity contribution in [2.24, 2.45) is 0 Å². The predicted octanol–water partition coefficient (Wildman–Crippen LogP) is 7.67. The molecule has 4 aromatic rings. The predicted molar refractivity (Wildman–Crippen MR) is 205 cm³/mol. The van der Waals surface area contributed by atoms with Gasteiger partial charge in [0.25, 0.3) is 12.3 Å². The molecule has 3 aliphatic heterocycles. The number of hydrogen-bond donors (Lipinski definition) is 2. The van der Waals surface area contributed by atoms with Crippen LogP contribution in [-0.4, -0.2) is 81.6 Å². The van der Waals surface area contributed by atoms with Gasteiger partial charge in [0.05, 0.1) is 23.0 Å². The van der Waals surface area contributed by atoms with E-state index in [0.29, 0.717) is 60.4 Å². The Bertz CT molecular complexity index is 2110. The SMILES string of the molecule is Cc1ccc(Nc2nc(-c3ccc4c(c3)N([C@H]3C[C@@H](N5CCCCC5)C3)C(=O)C43CCOCC3)cc3ncn(C(C)C)c23)cc1C(=O)NC1(C(F)F)CC1. The lowest BCUT2D eigenvalue weighted by molar-refractivity contribution is -0.127. The Balaban J connectivity index is 1.07. The van der Waals surface area contributed by atoms with E-state index in [9.17, 15) is 18.4 Å². The molecule has 2 aliphatic carbocycles. The molecule has 54 heavy (non-hydrogen) atoms. The number of imidazole rings is 1. The zero-order valence-electron chi connectivity index (χ0n) is 31.3. The number of likely N-dealkylation sites (tertiary alicyclic amines) is 1. The first-order chi connectivity index (χ1) is 26.1. The molecular weight excluding hydrogens is 689 g/mol. The fourth-order valence-electron chi connectivity index (χ4n) is 9.26. The van der Waals surface area contributed by atoms with Gasteiger partial charge in [-0.05, 0) is 121 Å². The molecule has 10 nitrogen and oxygen atoms in total. The van der Waals surface area contributed by atoms with Crippen molar-refractivity contribution in [3.8, 4) is 11.3 Å². The number of piperidine rings is 1. The molecule has 2 aromatic carbocycles. The topological polar surface area (TPSA) is 105 Å². The number of alkyl halides is 2. The fourth-order valence-corrected chi connectivity index (χ4v) is 9.26. The number of rotatable bonds is 9. The highest BCUT2D eigenvalue weighted by Gasteiger charge is 2.55. The van der Waals surface area contributed by atoms with Crippen molar-refractivity contribution >= 4 is 40.0 Å². The van der Waals surface area contributed by atoms with Crippen LogP contribution in [0.4, 0.5) is 26.0 Å². The molecule has 2 aromatic heterocycles. The number of aryl methyl sites for hydroxylation is 1. The number of ether oxygens (including phenoxy) is 1. The van der Waals surface area contributed by atoms with Gasteiger partial charge in [0.2, 0.25) is 5.91 Å². The number of amides is 2. The number of nitrogens with zero attached hydrogens (tertiary/aromatic N) is 5. The van der Waals surface area contributed by atoms with Crippen molar-refractivity contribution < 1.29 is 23.1 Å². The number of anilines is 3. The number of nitrogens with one attached hydrogen (secondary N) is 2. The summed E-state index contributed by atoms with van der Waals surface area (Å²) in [6.45, 7) is 9.42. The minimum absolute atomic E-state index is 0.0955. The number of pyridine rings is 1. The summed E-state index contributed by atoms with van der Waals surface area (Å²) in [5, 5.41) is 6.06. The van der Waals surface area contributed by atoms with Crippen molar-refractivity contribution in [3.05, 3.63) is 65.5 Å². The Labute approximate surface area is 314 Å². The summed E-state index contributed by atoms with van der Waals surface area (Å²) >= 11 is 0. The first kappa shape index (κ1) is 35.3.